The van der Waals surface area contributed by atoms with Crippen LogP contribution in [0.1, 0.15) is 49.3 Å². The largest absolute Gasteiger partial charge is 0.321 e. The normalized spacial score (nSPS) is 12.5. The highest BCUT2D eigenvalue weighted by Gasteiger charge is 2.16. The van der Waals surface area contributed by atoms with Crippen molar-refractivity contribution in [1.82, 2.24) is 9.97 Å². The maximum Gasteiger partial charge on any atom is 0.257 e. The van der Waals surface area contributed by atoms with E-state index in [-0.39, 0.29) is 11.1 Å². The standard InChI is InChI=1S/C22H20N2O2S2/c1-9(2)17-7-13-19(27-17)11-5-16-12(6-15(11)23-21(13)25)20-14(22(26)24-16)8-18(28-20)10(3)4/h5-10H,1-4H3,(H,23,25)(H,24,26). The van der Waals surface area contributed by atoms with Crippen molar-refractivity contribution in [3.05, 3.63) is 54.7 Å². The van der Waals surface area contributed by atoms with E-state index >= 15 is 0 Å². The van der Waals surface area contributed by atoms with Crippen LogP contribution in [0.15, 0.2) is 33.9 Å². The third-order valence-corrected chi connectivity index (χ3v) is 8.21. The lowest BCUT2D eigenvalue weighted by Crippen LogP contribution is -2.07. The van der Waals surface area contributed by atoms with Crippen LogP contribution in [0.2, 0.25) is 0 Å². The van der Waals surface area contributed by atoms with Crippen LogP contribution < -0.4 is 11.1 Å². The molecule has 0 aliphatic rings. The van der Waals surface area contributed by atoms with E-state index in [9.17, 15) is 9.59 Å². The quantitative estimate of drug-likeness (QED) is 0.349. The minimum atomic E-state index is -0.0558. The molecule has 0 bridgehead atoms. The van der Waals surface area contributed by atoms with E-state index in [1.54, 1.807) is 22.7 Å². The molecule has 28 heavy (non-hydrogen) atoms. The van der Waals surface area contributed by atoms with Crippen molar-refractivity contribution >= 4 is 64.7 Å². The Labute approximate surface area is 168 Å². The number of fused-ring (bicyclic) bond motifs is 6. The first-order chi connectivity index (χ1) is 13.3. The van der Waals surface area contributed by atoms with E-state index in [1.165, 1.54) is 9.75 Å². The zero-order valence-electron chi connectivity index (χ0n) is 16.1. The number of hydrogen-bond acceptors (Lipinski definition) is 4. The lowest BCUT2D eigenvalue weighted by molar-refractivity contribution is 0.890. The van der Waals surface area contributed by atoms with Crippen LogP contribution in [0.4, 0.5) is 0 Å². The number of hydrogen-bond donors (Lipinski definition) is 2. The Kier molecular flexibility index (Phi) is 3.80. The van der Waals surface area contributed by atoms with E-state index < -0.39 is 0 Å². The summed E-state index contributed by atoms with van der Waals surface area (Å²) in [7, 11) is 0. The highest BCUT2D eigenvalue weighted by atomic mass is 32.1. The first-order valence-electron chi connectivity index (χ1n) is 9.42. The second-order valence-electron chi connectivity index (χ2n) is 7.94. The molecule has 0 amide bonds. The third kappa shape index (κ3) is 2.48. The van der Waals surface area contributed by atoms with Crippen LogP contribution in [0, 0.1) is 0 Å². The Morgan fingerprint density at radius 1 is 0.643 bits per heavy atom. The molecule has 4 aromatic heterocycles. The van der Waals surface area contributed by atoms with Crippen LogP contribution in [-0.2, 0) is 0 Å². The fourth-order valence-electron chi connectivity index (χ4n) is 3.69. The lowest BCUT2D eigenvalue weighted by Gasteiger charge is -2.05. The minimum Gasteiger partial charge on any atom is -0.321 e. The van der Waals surface area contributed by atoms with Gasteiger partial charge in [0, 0.05) is 29.9 Å². The Bertz CT molecular complexity index is 1400. The molecule has 0 fully saturated rings. The van der Waals surface area contributed by atoms with Crippen molar-refractivity contribution in [2.75, 3.05) is 0 Å². The highest BCUT2D eigenvalue weighted by molar-refractivity contribution is 7.20. The van der Waals surface area contributed by atoms with Gasteiger partial charge in [-0.25, -0.2) is 0 Å². The zero-order chi connectivity index (χ0) is 19.7. The lowest BCUT2D eigenvalue weighted by atomic mass is 10.1. The summed E-state index contributed by atoms with van der Waals surface area (Å²) in [5, 5.41) is 3.41. The number of pyridine rings is 2. The van der Waals surface area contributed by atoms with Gasteiger partial charge in [0.15, 0.2) is 0 Å². The average Bonchev–Trinajstić information content (AvgIpc) is 3.27. The molecule has 0 saturated heterocycles. The monoisotopic (exact) mass is 408 g/mol. The second kappa shape index (κ2) is 6.03. The molecule has 0 radical (unpaired) electrons. The molecule has 4 nitrogen and oxygen atoms in total. The molecular formula is C22H20N2O2S2. The molecule has 5 aromatic rings. The molecular weight excluding hydrogens is 388 g/mol. The van der Waals surface area contributed by atoms with Crippen molar-refractivity contribution in [3.8, 4) is 0 Å². The zero-order valence-corrected chi connectivity index (χ0v) is 17.7. The number of nitrogens with one attached hydrogen (secondary N) is 2. The van der Waals surface area contributed by atoms with Gasteiger partial charge in [-0.1, -0.05) is 27.7 Å². The molecule has 0 aliphatic heterocycles. The summed E-state index contributed by atoms with van der Waals surface area (Å²) in [5.74, 6) is 0.736. The maximum atomic E-state index is 12.7. The summed E-state index contributed by atoms with van der Waals surface area (Å²) in [4.78, 5) is 33.8. The summed E-state index contributed by atoms with van der Waals surface area (Å²) < 4.78 is 1.97. The number of rotatable bonds is 2. The smallest absolute Gasteiger partial charge is 0.257 e. The number of benzene rings is 1. The maximum absolute atomic E-state index is 12.7. The van der Waals surface area contributed by atoms with Crippen LogP contribution in [-0.4, -0.2) is 9.97 Å². The first kappa shape index (κ1) is 17.6. The van der Waals surface area contributed by atoms with Gasteiger partial charge in [0.25, 0.3) is 11.1 Å². The molecule has 5 rings (SSSR count). The van der Waals surface area contributed by atoms with Crippen LogP contribution >= 0.6 is 22.7 Å². The topological polar surface area (TPSA) is 65.7 Å². The number of thiophene rings is 2. The fourth-order valence-corrected chi connectivity index (χ4v) is 6.07. The summed E-state index contributed by atoms with van der Waals surface area (Å²) >= 11 is 3.33. The van der Waals surface area contributed by atoms with Gasteiger partial charge in [0.2, 0.25) is 0 Å². The van der Waals surface area contributed by atoms with Gasteiger partial charge < -0.3 is 9.97 Å². The Balaban J connectivity index is 1.94. The molecule has 0 spiro atoms. The molecule has 2 N–H and O–H groups in total. The SMILES string of the molecule is CC(C)c1cc2c(=O)[nH]c3cc4c(cc3c2s1)[nH]c(=O)c1cc(C(C)C)sc14. The van der Waals surface area contributed by atoms with Crippen LogP contribution in [0.5, 0.6) is 0 Å². The predicted octanol–water partition coefficient (Wildman–Crippen LogP) is 6.05. The van der Waals surface area contributed by atoms with Crippen molar-refractivity contribution in [3.63, 3.8) is 0 Å². The van der Waals surface area contributed by atoms with Crippen molar-refractivity contribution in [1.29, 1.82) is 0 Å². The molecule has 4 heterocycles. The molecule has 1 aromatic carbocycles. The molecule has 0 saturated carbocycles. The van der Waals surface area contributed by atoms with E-state index in [4.69, 9.17) is 0 Å². The summed E-state index contributed by atoms with van der Waals surface area (Å²) in [6.07, 6.45) is 0. The van der Waals surface area contributed by atoms with E-state index in [2.05, 4.69) is 37.7 Å². The average molecular weight is 409 g/mol. The summed E-state index contributed by atoms with van der Waals surface area (Å²) in [6.45, 7) is 8.53. The van der Waals surface area contributed by atoms with Gasteiger partial charge in [0.1, 0.15) is 0 Å². The Hall–Kier alpha value is -2.44. The predicted molar refractivity (Wildman–Crippen MR) is 122 cm³/mol. The summed E-state index contributed by atoms with van der Waals surface area (Å²) in [5.41, 5.74) is 1.52. The number of H-pyrrole nitrogens is 2. The number of aromatic amines is 2. The molecule has 0 aliphatic carbocycles. The van der Waals surface area contributed by atoms with E-state index in [1.807, 2.05) is 24.3 Å². The Morgan fingerprint density at radius 3 is 1.39 bits per heavy atom. The van der Waals surface area contributed by atoms with Crippen LogP contribution in [0.3, 0.4) is 0 Å². The molecule has 6 heteroatoms. The van der Waals surface area contributed by atoms with Crippen molar-refractivity contribution in [2.45, 2.75) is 39.5 Å². The minimum absolute atomic E-state index is 0.0558. The van der Waals surface area contributed by atoms with E-state index in [0.717, 1.165) is 42.0 Å². The van der Waals surface area contributed by atoms with E-state index in [0.29, 0.717) is 11.8 Å². The fraction of sp³-hybridized carbons (Fsp3) is 0.273. The molecule has 0 atom stereocenters. The summed E-state index contributed by atoms with van der Waals surface area (Å²) in [6, 6.07) is 8.01. The third-order valence-electron chi connectivity index (χ3n) is 5.27. The van der Waals surface area contributed by atoms with Gasteiger partial charge in [-0.2, -0.15) is 0 Å². The van der Waals surface area contributed by atoms with Crippen LogP contribution in [0.25, 0.3) is 42.0 Å². The van der Waals surface area contributed by atoms with Gasteiger partial charge >= 0.3 is 0 Å². The van der Waals surface area contributed by atoms with Gasteiger partial charge in [-0.15, -0.1) is 22.7 Å². The first-order valence-corrected chi connectivity index (χ1v) is 11.1. The van der Waals surface area contributed by atoms with Crippen molar-refractivity contribution < 1.29 is 0 Å². The van der Waals surface area contributed by atoms with Gasteiger partial charge in [-0.3, -0.25) is 9.59 Å². The van der Waals surface area contributed by atoms with Crippen molar-refractivity contribution in [2.24, 2.45) is 0 Å². The number of aromatic nitrogens is 2. The molecule has 0 unspecified atom stereocenters. The Morgan fingerprint density at radius 2 is 1.04 bits per heavy atom. The van der Waals surface area contributed by atoms with Gasteiger partial charge in [0.05, 0.1) is 21.8 Å². The second-order valence-corrected chi connectivity index (χ2v) is 10.1. The van der Waals surface area contributed by atoms with Gasteiger partial charge in [-0.05, 0) is 36.1 Å². The molecule has 142 valence electrons. The highest BCUT2D eigenvalue weighted by Crippen LogP contribution is 2.37.